The van der Waals surface area contributed by atoms with E-state index in [9.17, 15) is 9.90 Å². The van der Waals surface area contributed by atoms with Crippen molar-refractivity contribution in [3.05, 3.63) is 0 Å². The largest absolute Gasteiger partial charge is 0.480 e. The number of carboxylic acid groups (broad SMARTS) is 1. The van der Waals surface area contributed by atoms with E-state index in [2.05, 4.69) is 5.32 Å². The second-order valence-corrected chi connectivity index (χ2v) is 6.47. The molecule has 0 spiro atoms. The number of carbonyl (C=O) groups is 1. The fourth-order valence-corrected chi connectivity index (χ4v) is 3.70. The summed E-state index contributed by atoms with van der Waals surface area (Å²) in [5.41, 5.74) is -0.731. The quantitative estimate of drug-likeness (QED) is 0.639. The highest BCUT2D eigenvalue weighted by atomic mass is 32.2. The molecular formula is C14H27NO3S. The van der Waals surface area contributed by atoms with Crippen molar-refractivity contribution in [2.24, 2.45) is 0 Å². The summed E-state index contributed by atoms with van der Waals surface area (Å²) in [6.45, 7) is 6.37. The number of nitrogens with one attached hydrogen (secondary N) is 1. The third-order valence-corrected chi connectivity index (χ3v) is 5.27. The molecule has 0 aromatic carbocycles. The molecule has 112 valence electrons. The molecule has 19 heavy (non-hydrogen) atoms. The number of ether oxygens (including phenoxy) is 1. The fourth-order valence-electron chi connectivity index (χ4n) is 2.53. The van der Waals surface area contributed by atoms with Crippen LogP contribution >= 0.6 is 11.8 Å². The van der Waals surface area contributed by atoms with Crippen LogP contribution in [0.3, 0.4) is 0 Å². The molecule has 1 saturated heterocycles. The molecule has 2 N–H and O–H groups in total. The summed E-state index contributed by atoms with van der Waals surface area (Å²) in [6, 6.07) is 0. The van der Waals surface area contributed by atoms with Gasteiger partial charge in [-0.1, -0.05) is 13.8 Å². The van der Waals surface area contributed by atoms with E-state index < -0.39 is 11.5 Å². The van der Waals surface area contributed by atoms with Crippen LogP contribution in [0.4, 0.5) is 0 Å². The van der Waals surface area contributed by atoms with Gasteiger partial charge in [0.1, 0.15) is 5.54 Å². The lowest BCUT2D eigenvalue weighted by molar-refractivity contribution is -0.145. The highest BCUT2D eigenvalue weighted by molar-refractivity contribution is 7.99. The minimum atomic E-state index is -0.731. The maximum Gasteiger partial charge on any atom is 0.323 e. The first kappa shape index (κ1) is 16.8. The number of thioether (sulfide) groups is 1. The van der Waals surface area contributed by atoms with Gasteiger partial charge in [-0.15, -0.1) is 0 Å². The van der Waals surface area contributed by atoms with Gasteiger partial charge in [-0.05, 0) is 44.4 Å². The van der Waals surface area contributed by atoms with Crippen LogP contribution in [0, 0.1) is 0 Å². The number of rotatable bonds is 9. The third kappa shape index (κ3) is 5.32. The van der Waals surface area contributed by atoms with Crippen molar-refractivity contribution in [1.82, 2.24) is 5.32 Å². The normalized spacial score (nSPS) is 20.1. The average molecular weight is 289 g/mol. The Balaban J connectivity index is 2.29. The van der Waals surface area contributed by atoms with Crippen molar-refractivity contribution in [2.45, 2.75) is 56.7 Å². The Morgan fingerprint density at radius 3 is 2.63 bits per heavy atom. The van der Waals surface area contributed by atoms with E-state index in [1.54, 1.807) is 0 Å². The second-order valence-electron chi connectivity index (χ2n) is 5.06. The molecule has 1 atom stereocenters. The zero-order valence-corrected chi connectivity index (χ0v) is 12.9. The van der Waals surface area contributed by atoms with Gasteiger partial charge in [0, 0.05) is 18.5 Å². The Labute approximate surface area is 120 Å². The Morgan fingerprint density at radius 2 is 2.11 bits per heavy atom. The van der Waals surface area contributed by atoms with E-state index in [0.29, 0.717) is 24.6 Å². The molecular weight excluding hydrogens is 262 g/mol. The van der Waals surface area contributed by atoms with Gasteiger partial charge in [0.2, 0.25) is 0 Å². The van der Waals surface area contributed by atoms with Crippen molar-refractivity contribution >= 4 is 17.7 Å². The monoisotopic (exact) mass is 289 g/mol. The van der Waals surface area contributed by atoms with Gasteiger partial charge in [-0.25, -0.2) is 0 Å². The SMILES string of the molecule is CCNC(CC)(CCCSC1CCOCC1)C(=O)O. The summed E-state index contributed by atoms with van der Waals surface area (Å²) in [5.74, 6) is 0.332. The summed E-state index contributed by atoms with van der Waals surface area (Å²) in [6.07, 6.45) is 4.57. The van der Waals surface area contributed by atoms with E-state index in [-0.39, 0.29) is 0 Å². The Hall–Kier alpha value is -0.260. The van der Waals surface area contributed by atoms with Crippen LogP contribution < -0.4 is 5.32 Å². The molecule has 0 radical (unpaired) electrons. The van der Waals surface area contributed by atoms with Crippen LogP contribution in [-0.2, 0) is 9.53 Å². The van der Waals surface area contributed by atoms with E-state index in [1.165, 1.54) is 0 Å². The summed E-state index contributed by atoms with van der Waals surface area (Å²) in [5, 5.41) is 13.3. The standard InChI is InChI=1S/C14H27NO3S/c1-3-14(13(16)17,15-4-2)8-5-11-19-12-6-9-18-10-7-12/h12,15H,3-11H2,1-2H3,(H,16,17). The van der Waals surface area contributed by atoms with Crippen LogP contribution in [0.25, 0.3) is 0 Å². The lowest BCUT2D eigenvalue weighted by atomic mass is 9.91. The first-order chi connectivity index (χ1) is 9.14. The highest BCUT2D eigenvalue weighted by Gasteiger charge is 2.34. The molecule has 0 aromatic heterocycles. The first-order valence-electron chi connectivity index (χ1n) is 7.32. The molecule has 1 fully saturated rings. The molecule has 5 heteroatoms. The van der Waals surface area contributed by atoms with Gasteiger partial charge >= 0.3 is 5.97 Å². The minimum absolute atomic E-state index is 0.637. The van der Waals surface area contributed by atoms with Gasteiger partial charge in [-0.2, -0.15) is 11.8 Å². The van der Waals surface area contributed by atoms with Crippen LogP contribution in [-0.4, -0.2) is 47.4 Å². The topological polar surface area (TPSA) is 58.6 Å². The minimum Gasteiger partial charge on any atom is -0.480 e. The molecule has 1 rings (SSSR count). The van der Waals surface area contributed by atoms with E-state index in [0.717, 1.165) is 38.2 Å². The molecule has 4 nitrogen and oxygen atoms in total. The van der Waals surface area contributed by atoms with Crippen molar-refractivity contribution in [1.29, 1.82) is 0 Å². The molecule has 1 unspecified atom stereocenters. The van der Waals surface area contributed by atoms with Gasteiger partial charge < -0.3 is 15.2 Å². The number of likely N-dealkylation sites (N-methyl/N-ethyl adjacent to an activating group) is 1. The smallest absolute Gasteiger partial charge is 0.323 e. The summed E-state index contributed by atoms with van der Waals surface area (Å²) >= 11 is 1.98. The Morgan fingerprint density at radius 1 is 1.42 bits per heavy atom. The Bertz CT molecular complexity index is 269. The Kier molecular flexibility index (Phi) is 7.80. The van der Waals surface area contributed by atoms with Crippen molar-refractivity contribution < 1.29 is 14.6 Å². The predicted molar refractivity (Wildman–Crippen MR) is 79.9 cm³/mol. The molecule has 0 saturated carbocycles. The van der Waals surface area contributed by atoms with E-state index >= 15 is 0 Å². The number of hydrogen-bond donors (Lipinski definition) is 2. The molecule has 1 aliphatic rings. The molecule has 1 aliphatic heterocycles. The lowest BCUT2D eigenvalue weighted by Crippen LogP contribution is -2.51. The molecule has 0 bridgehead atoms. The summed E-state index contributed by atoms with van der Waals surface area (Å²) < 4.78 is 5.34. The predicted octanol–water partition coefficient (Wildman–Crippen LogP) is 2.52. The number of aliphatic carboxylic acids is 1. The van der Waals surface area contributed by atoms with Gasteiger partial charge in [0.25, 0.3) is 0 Å². The highest BCUT2D eigenvalue weighted by Crippen LogP contribution is 2.25. The van der Waals surface area contributed by atoms with Crippen LogP contribution in [0.5, 0.6) is 0 Å². The van der Waals surface area contributed by atoms with Gasteiger partial charge in [-0.3, -0.25) is 4.79 Å². The number of hydrogen-bond acceptors (Lipinski definition) is 4. The van der Waals surface area contributed by atoms with Crippen molar-refractivity contribution in [3.63, 3.8) is 0 Å². The second kappa shape index (κ2) is 8.82. The third-order valence-electron chi connectivity index (χ3n) is 3.80. The van der Waals surface area contributed by atoms with Crippen LogP contribution in [0.1, 0.15) is 46.0 Å². The molecule has 1 heterocycles. The first-order valence-corrected chi connectivity index (χ1v) is 8.37. The maximum absolute atomic E-state index is 11.5. The van der Waals surface area contributed by atoms with E-state index in [4.69, 9.17) is 4.74 Å². The summed E-state index contributed by atoms with van der Waals surface area (Å²) in [4.78, 5) is 11.5. The van der Waals surface area contributed by atoms with Crippen molar-refractivity contribution in [3.8, 4) is 0 Å². The zero-order valence-electron chi connectivity index (χ0n) is 12.1. The lowest BCUT2D eigenvalue weighted by Gasteiger charge is -2.29. The van der Waals surface area contributed by atoms with Crippen molar-refractivity contribution in [2.75, 3.05) is 25.5 Å². The van der Waals surface area contributed by atoms with Gasteiger partial charge in [0.15, 0.2) is 0 Å². The molecule has 0 amide bonds. The number of carboxylic acids is 1. The zero-order chi connectivity index (χ0) is 14.1. The summed E-state index contributed by atoms with van der Waals surface area (Å²) in [7, 11) is 0. The maximum atomic E-state index is 11.5. The van der Waals surface area contributed by atoms with Crippen LogP contribution in [0.15, 0.2) is 0 Å². The van der Waals surface area contributed by atoms with Gasteiger partial charge in [0.05, 0.1) is 0 Å². The average Bonchev–Trinajstić information content (AvgIpc) is 2.43. The van der Waals surface area contributed by atoms with Crippen LogP contribution in [0.2, 0.25) is 0 Å². The molecule has 0 aliphatic carbocycles. The molecule has 0 aromatic rings. The fraction of sp³-hybridized carbons (Fsp3) is 0.929. The van der Waals surface area contributed by atoms with E-state index in [1.807, 2.05) is 25.6 Å².